The van der Waals surface area contributed by atoms with Gasteiger partial charge in [0.15, 0.2) is 0 Å². The highest BCUT2D eigenvalue weighted by molar-refractivity contribution is 5.99. The molecule has 0 saturated carbocycles. The summed E-state index contributed by atoms with van der Waals surface area (Å²) in [5, 5.41) is 9.19. The van der Waals surface area contributed by atoms with Crippen molar-refractivity contribution in [2.24, 2.45) is 7.05 Å². The molecule has 6 heteroatoms. The summed E-state index contributed by atoms with van der Waals surface area (Å²) in [6.45, 7) is 2.03. The van der Waals surface area contributed by atoms with Gasteiger partial charge in [-0.2, -0.15) is 5.10 Å². The summed E-state index contributed by atoms with van der Waals surface area (Å²) < 4.78 is 15.2. The lowest BCUT2D eigenvalue weighted by Gasteiger charge is -2.17. The quantitative estimate of drug-likeness (QED) is 0.541. The summed E-state index contributed by atoms with van der Waals surface area (Å²) in [4.78, 5) is 16.7. The maximum Gasteiger partial charge on any atom is 0.251 e. The Hall–Kier alpha value is -3.54. The highest BCUT2D eigenvalue weighted by Crippen LogP contribution is 2.25. The number of rotatable bonds is 5. The smallest absolute Gasteiger partial charge is 0.251 e. The van der Waals surface area contributed by atoms with Crippen LogP contribution in [0.5, 0.6) is 0 Å². The number of hydrogen-bond donors (Lipinski definition) is 1. The first-order chi connectivity index (χ1) is 14.0. The monoisotopic (exact) mass is 388 g/mol. The molecule has 0 radical (unpaired) electrons. The summed E-state index contributed by atoms with van der Waals surface area (Å²) in [5.74, 6) is -0.494. The molecule has 1 amide bonds. The van der Waals surface area contributed by atoms with Crippen molar-refractivity contribution in [3.8, 4) is 11.1 Å². The second-order valence-corrected chi connectivity index (χ2v) is 6.98. The molecular formula is C23H21FN4O. The predicted octanol–water partition coefficient (Wildman–Crippen LogP) is 4.66. The van der Waals surface area contributed by atoms with Gasteiger partial charge < -0.3 is 5.32 Å². The highest BCUT2D eigenvalue weighted by Gasteiger charge is 2.17. The number of fused-ring (bicyclic) bond motifs is 1. The van der Waals surface area contributed by atoms with Crippen LogP contribution in [-0.4, -0.2) is 20.7 Å². The number of aryl methyl sites for hydroxylation is 1. The van der Waals surface area contributed by atoms with Crippen LogP contribution in [0.25, 0.3) is 21.9 Å². The number of nitrogens with zero attached hydrogens (tertiary/aromatic N) is 3. The summed E-state index contributed by atoms with van der Waals surface area (Å²) >= 11 is 0. The van der Waals surface area contributed by atoms with Crippen LogP contribution in [0.3, 0.4) is 0 Å². The average Bonchev–Trinajstić information content (AvgIpc) is 3.16. The van der Waals surface area contributed by atoms with E-state index in [1.807, 2.05) is 50.4 Å². The van der Waals surface area contributed by atoms with Gasteiger partial charge in [0.1, 0.15) is 5.82 Å². The standard InChI is InChI=1S/C23H21FN4O/c1-3-21(22-8-9-26-28(22)2)27-23(29)18-7-6-15-10-17(5-4-16(15)11-18)19-12-20(24)14-25-13-19/h4-14,21H,3H2,1-2H3,(H,27,29). The maximum absolute atomic E-state index is 13.5. The second-order valence-electron chi connectivity index (χ2n) is 6.98. The zero-order valence-electron chi connectivity index (χ0n) is 16.3. The van der Waals surface area contributed by atoms with Gasteiger partial charge in [0.05, 0.1) is 17.9 Å². The normalized spacial score (nSPS) is 12.1. The molecule has 4 rings (SSSR count). The molecule has 1 atom stereocenters. The average molecular weight is 388 g/mol. The number of carbonyl (C=O) groups excluding carboxylic acids is 1. The molecule has 0 saturated heterocycles. The number of carbonyl (C=O) groups is 1. The van der Waals surface area contributed by atoms with Gasteiger partial charge in [0, 0.05) is 30.6 Å². The Bertz CT molecular complexity index is 1180. The van der Waals surface area contributed by atoms with Crippen molar-refractivity contribution < 1.29 is 9.18 Å². The van der Waals surface area contributed by atoms with E-state index in [-0.39, 0.29) is 17.8 Å². The van der Waals surface area contributed by atoms with E-state index in [9.17, 15) is 9.18 Å². The van der Waals surface area contributed by atoms with E-state index in [2.05, 4.69) is 15.4 Å². The highest BCUT2D eigenvalue weighted by atomic mass is 19.1. The number of pyridine rings is 1. The van der Waals surface area contributed by atoms with Crippen LogP contribution in [0.4, 0.5) is 4.39 Å². The van der Waals surface area contributed by atoms with Gasteiger partial charge in [-0.15, -0.1) is 0 Å². The fourth-order valence-electron chi connectivity index (χ4n) is 3.49. The van der Waals surface area contributed by atoms with Gasteiger partial charge in [0.25, 0.3) is 5.91 Å². The zero-order chi connectivity index (χ0) is 20.4. The molecule has 1 unspecified atom stereocenters. The number of halogens is 1. The van der Waals surface area contributed by atoms with Crippen molar-refractivity contribution in [3.05, 3.63) is 84.2 Å². The molecule has 5 nitrogen and oxygen atoms in total. The summed E-state index contributed by atoms with van der Waals surface area (Å²) in [5.41, 5.74) is 3.16. The molecule has 0 aliphatic carbocycles. The molecule has 146 valence electrons. The summed E-state index contributed by atoms with van der Waals surface area (Å²) in [6, 6.07) is 14.7. The molecule has 2 aromatic heterocycles. The molecule has 0 aliphatic heterocycles. The van der Waals surface area contributed by atoms with Crippen LogP contribution in [0, 0.1) is 5.82 Å². The van der Waals surface area contributed by atoms with Crippen molar-refractivity contribution in [1.82, 2.24) is 20.1 Å². The van der Waals surface area contributed by atoms with Crippen molar-refractivity contribution >= 4 is 16.7 Å². The van der Waals surface area contributed by atoms with Crippen LogP contribution >= 0.6 is 0 Å². The van der Waals surface area contributed by atoms with Gasteiger partial charge in [-0.25, -0.2) is 4.39 Å². The Balaban J connectivity index is 1.59. The minimum absolute atomic E-state index is 0.103. The first-order valence-corrected chi connectivity index (χ1v) is 9.48. The topological polar surface area (TPSA) is 59.8 Å². The molecular weight excluding hydrogens is 367 g/mol. The van der Waals surface area contributed by atoms with Gasteiger partial charge in [-0.3, -0.25) is 14.5 Å². The van der Waals surface area contributed by atoms with Gasteiger partial charge in [-0.05, 0) is 53.1 Å². The second kappa shape index (κ2) is 7.83. The predicted molar refractivity (Wildman–Crippen MR) is 111 cm³/mol. The summed E-state index contributed by atoms with van der Waals surface area (Å²) in [7, 11) is 1.87. The largest absolute Gasteiger partial charge is 0.344 e. The van der Waals surface area contributed by atoms with Crippen LogP contribution in [0.1, 0.15) is 35.4 Å². The SMILES string of the molecule is CCC(NC(=O)c1ccc2cc(-c3cncc(F)c3)ccc2c1)c1ccnn1C. The molecule has 2 heterocycles. The van der Waals surface area contributed by atoms with Crippen molar-refractivity contribution in [1.29, 1.82) is 0 Å². The number of amides is 1. The molecule has 0 spiro atoms. The van der Waals surface area contributed by atoms with Gasteiger partial charge in [-0.1, -0.05) is 25.1 Å². The molecule has 4 aromatic rings. The van der Waals surface area contributed by atoms with E-state index >= 15 is 0 Å². The van der Waals surface area contributed by atoms with Crippen LogP contribution in [0.2, 0.25) is 0 Å². The molecule has 0 aliphatic rings. The molecule has 2 aromatic carbocycles. The minimum atomic E-state index is -0.367. The lowest BCUT2D eigenvalue weighted by molar-refractivity contribution is 0.0934. The number of aromatic nitrogens is 3. The Labute approximate surface area is 168 Å². The Morgan fingerprint density at radius 3 is 2.59 bits per heavy atom. The lowest BCUT2D eigenvalue weighted by Crippen LogP contribution is -2.29. The van der Waals surface area contributed by atoms with E-state index in [4.69, 9.17) is 0 Å². The summed E-state index contributed by atoms with van der Waals surface area (Å²) in [6.07, 6.45) is 5.32. The molecule has 29 heavy (non-hydrogen) atoms. The fraction of sp³-hybridized carbons (Fsp3) is 0.174. The Morgan fingerprint density at radius 2 is 1.86 bits per heavy atom. The van der Waals surface area contributed by atoms with Crippen LogP contribution in [-0.2, 0) is 7.05 Å². The van der Waals surface area contributed by atoms with Crippen molar-refractivity contribution in [2.75, 3.05) is 0 Å². The minimum Gasteiger partial charge on any atom is -0.344 e. The van der Waals surface area contributed by atoms with Gasteiger partial charge in [0.2, 0.25) is 0 Å². The number of hydrogen-bond acceptors (Lipinski definition) is 3. The first kappa shape index (κ1) is 18.8. The van der Waals surface area contributed by atoms with E-state index in [1.165, 1.54) is 12.3 Å². The van der Waals surface area contributed by atoms with Crippen LogP contribution in [0.15, 0.2) is 67.1 Å². The third-order valence-electron chi connectivity index (χ3n) is 5.07. The Kier molecular flexibility index (Phi) is 5.08. The fourth-order valence-corrected chi connectivity index (χ4v) is 3.49. The molecule has 0 bridgehead atoms. The molecule has 1 N–H and O–H groups in total. The number of nitrogens with one attached hydrogen (secondary N) is 1. The third kappa shape index (κ3) is 3.87. The third-order valence-corrected chi connectivity index (χ3v) is 5.07. The van der Waals surface area contributed by atoms with E-state index in [0.29, 0.717) is 5.56 Å². The number of benzene rings is 2. The first-order valence-electron chi connectivity index (χ1n) is 9.48. The zero-order valence-corrected chi connectivity index (χ0v) is 16.3. The van der Waals surface area contributed by atoms with Crippen LogP contribution < -0.4 is 5.32 Å². The van der Waals surface area contributed by atoms with Gasteiger partial charge >= 0.3 is 0 Å². The Morgan fingerprint density at radius 1 is 1.07 bits per heavy atom. The van der Waals surface area contributed by atoms with Crippen molar-refractivity contribution in [2.45, 2.75) is 19.4 Å². The van der Waals surface area contributed by atoms with Crippen molar-refractivity contribution in [3.63, 3.8) is 0 Å². The van der Waals surface area contributed by atoms with E-state index in [0.717, 1.165) is 34.0 Å². The molecule has 0 fully saturated rings. The van der Waals surface area contributed by atoms with E-state index < -0.39 is 0 Å². The maximum atomic E-state index is 13.5. The van der Waals surface area contributed by atoms with E-state index in [1.54, 1.807) is 23.1 Å². The lowest BCUT2D eigenvalue weighted by atomic mass is 10.0.